The van der Waals surface area contributed by atoms with Crippen molar-refractivity contribution < 1.29 is 9.90 Å². The average Bonchev–Trinajstić information content (AvgIpc) is 2.46. The summed E-state index contributed by atoms with van der Waals surface area (Å²) in [5.74, 6) is 0.333. The zero-order chi connectivity index (χ0) is 14.4. The molecule has 1 aromatic carbocycles. The van der Waals surface area contributed by atoms with Gasteiger partial charge in [-0.2, -0.15) is 0 Å². The Labute approximate surface area is 122 Å². The summed E-state index contributed by atoms with van der Waals surface area (Å²) in [6.07, 6.45) is 9.05. The first-order chi connectivity index (χ1) is 9.65. The van der Waals surface area contributed by atoms with E-state index in [2.05, 4.69) is 24.3 Å². The Morgan fingerprint density at radius 2 is 1.85 bits per heavy atom. The van der Waals surface area contributed by atoms with Gasteiger partial charge in [0, 0.05) is 6.42 Å². The molecule has 1 fully saturated rings. The number of hydrogen-bond acceptors (Lipinski definition) is 1. The van der Waals surface area contributed by atoms with Gasteiger partial charge < -0.3 is 5.11 Å². The van der Waals surface area contributed by atoms with Crippen LogP contribution in [0.3, 0.4) is 0 Å². The summed E-state index contributed by atoms with van der Waals surface area (Å²) in [7, 11) is 0. The van der Waals surface area contributed by atoms with Crippen LogP contribution >= 0.6 is 0 Å². The normalized spacial score (nSPS) is 17.9. The van der Waals surface area contributed by atoms with Gasteiger partial charge in [0.1, 0.15) is 0 Å². The molecule has 0 heterocycles. The first-order valence-corrected chi connectivity index (χ1v) is 7.96. The van der Waals surface area contributed by atoms with Gasteiger partial charge in [0.15, 0.2) is 0 Å². The van der Waals surface area contributed by atoms with E-state index in [1.54, 1.807) is 0 Å². The number of aliphatic carboxylic acids is 1. The lowest BCUT2D eigenvalue weighted by molar-refractivity contribution is -0.138. The molecular weight excluding hydrogens is 248 g/mol. The molecule has 0 aliphatic heterocycles. The van der Waals surface area contributed by atoms with Gasteiger partial charge in [-0.05, 0) is 48.6 Å². The van der Waals surface area contributed by atoms with Crippen molar-refractivity contribution in [2.75, 3.05) is 0 Å². The van der Waals surface area contributed by atoms with E-state index < -0.39 is 5.97 Å². The van der Waals surface area contributed by atoms with Crippen LogP contribution in [0.4, 0.5) is 0 Å². The van der Waals surface area contributed by atoms with Crippen molar-refractivity contribution in [1.29, 1.82) is 0 Å². The fourth-order valence-electron chi connectivity index (χ4n) is 3.21. The molecule has 0 amide bonds. The predicted molar refractivity (Wildman–Crippen MR) is 82.0 cm³/mol. The Balaban J connectivity index is 1.83. The van der Waals surface area contributed by atoms with Crippen LogP contribution in [-0.4, -0.2) is 11.1 Å². The molecule has 2 heteroatoms. The van der Waals surface area contributed by atoms with E-state index in [0.29, 0.717) is 0 Å². The third-order valence-corrected chi connectivity index (χ3v) is 4.51. The van der Waals surface area contributed by atoms with Crippen LogP contribution in [0.15, 0.2) is 24.3 Å². The highest BCUT2D eigenvalue weighted by molar-refractivity contribution is 5.66. The van der Waals surface area contributed by atoms with Crippen LogP contribution in [0.2, 0.25) is 0 Å². The van der Waals surface area contributed by atoms with Gasteiger partial charge in [0.25, 0.3) is 0 Å². The number of hydrogen-bond donors (Lipinski definition) is 1. The zero-order valence-electron chi connectivity index (χ0n) is 12.5. The van der Waals surface area contributed by atoms with Gasteiger partial charge in [-0.1, -0.05) is 50.5 Å². The maximum Gasteiger partial charge on any atom is 0.303 e. The van der Waals surface area contributed by atoms with Crippen LogP contribution in [0, 0.1) is 5.92 Å². The molecule has 0 spiro atoms. The fourth-order valence-corrected chi connectivity index (χ4v) is 3.21. The molecule has 20 heavy (non-hydrogen) atoms. The van der Waals surface area contributed by atoms with Crippen molar-refractivity contribution in [2.24, 2.45) is 5.92 Å². The van der Waals surface area contributed by atoms with Crippen LogP contribution in [0.25, 0.3) is 0 Å². The van der Waals surface area contributed by atoms with Gasteiger partial charge in [-0.3, -0.25) is 4.79 Å². The SMILES string of the molecule is CC(CCc1ccc(C2CCCCC2)cc1)CC(=O)O. The molecule has 1 N–H and O–H groups in total. The highest BCUT2D eigenvalue weighted by Gasteiger charge is 2.15. The molecule has 1 aliphatic carbocycles. The number of rotatable bonds is 6. The maximum absolute atomic E-state index is 10.6. The standard InChI is InChI=1S/C18H26O2/c1-14(13-18(19)20)7-8-15-9-11-17(12-10-15)16-5-3-2-4-6-16/h9-12,14,16H,2-8,13H2,1H3,(H,19,20). The van der Waals surface area contributed by atoms with Crippen molar-refractivity contribution in [3.8, 4) is 0 Å². The van der Waals surface area contributed by atoms with E-state index in [9.17, 15) is 4.79 Å². The van der Waals surface area contributed by atoms with Crippen molar-refractivity contribution in [2.45, 2.75) is 64.2 Å². The largest absolute Gasteiger partial charge is 0.481 e. The summed E-state index contributed by atoms with van der Waals surface area (Å²) >= 11 is 0. The molecule has 1 atom stereocenters. The number of carboxylic acids is 1. The van der Waals surface area contributed by atoms with E-state index in [1.807, 2.05) is 6.92 Å². The minimum absolute atomic E-state index is 0.255. The summed E-state index contributed by atoms with van der Waals surface area (Å²) < 4.78 is 0. The second-order valence-electron chi connectivity index (χ2n) is 6.32. The second kappa shape index (κ2) is 7.47. The van der Waals surface area contributed by atoms with Gasteiger partial charge in [-0.15, -0.1) is 0 Å². The van der Waals surface area contributed by atoms with Crippen LogP contribution in [-0.2, 0) is 11.2 Å². The lowest BCUT2D eigenvalue weighted by atomic mass is 9.84. The molecule has 0 aromatic heterocycles. The molecule has 1 aromatic rings. The second-order valence-corrected chi connectivity index (χ2v) is 6.32. The predicted octanol–water partition coefficient (Wildman–Crippen LogP) is 4.78. The molecule has 0 radical (unpaired) electrons. The van der Waals surface area contributed by atoms with E-state index in [4.69, 9.17) is 5.11 Å². The molecule has 0 saturated heterocycles. The van der Waals surface area contributed by atoms with Crippen molar-refractivity contribution in [1.82, 2.24) is 0 Å². The molecule has 1 unspecified atom stereocenters. The summed E-state index contributed by atoms with van der Waals surface area (Å²) in [4.78, 5) is 10.6. The fraction of sp³-hybridized carbons (Fsp3) is 0.611. The Hall–Kier alpha value is -1.31. The summed E-state index contributed by atoms with van der Waals surface area (Å²) in [5, 5.41) is 8.76. The van der Waals surface area contributed by atoms with E-state index in [0.717, 1.165) is 18.8 Å². The molecule has 0 bridgehead atoms. The Kier molecular flexibility index (Phi) is 5.63. The van der Waals surface area contributed by atoms with Gasteiger partial charge in [0.05, 0.1) is 0 Å². The number of aryl methyl sites for hydroxylation is 1. The third-order valence-electron chi connectivity index (χ3n) is 4.51. The van der Waals surface area contributed by atoms with Gasteiger partial charge in [-0.25, -0.2) is 0 Å². The number of benzene rings is 1. The van der Waals surface area contributed by atoms with Gasteiger partial charge in [0.2, 0.25) is 0 Å². The zero-order valence-corrected chi connectivity index (χ0v) is 12.5. The topological polar surface area (TPSA) is 37.3 Å². The molecule has 110 valence electrons. The molecule has 2 nitrogen and oxygen atoms in total. The average molecular weight is 274 g/mol. The monoisotopic (exact) mass is 274 g/mol. The Bertz CT molecular complexity index is 416. The quantitative estimate of drug-likeness (QED) is 0.810. The smallest absolute Gasteiger partial charge is 0.303 e. The number of carbonyl (C=O) groups is 1. The first-order valence-electron chi connectivity index (χ1n) is 7.96. The highest BCUT2D eigenvalue weighted by Crippen LogP contribution is 2.32. The van der Waals surface area contributed by atoms with Crippen molar-refractivity contribution in [3.05, 3.63) is 35.4 Å². The van der Waals surface area contributed by atoms with E-state index in [-0.39, 0.29) is 12.3 Å². The van der Waals surface area contributed by atoms with Crippen LogP contribution in [0.5, 0.6) is 0 Å². The molecule has 2 rings (SSSR count). The van der Waals surface area contributed by atoms with E-state index >= 15 is 0 Å². The minimum Gasteiger partial charge on any atom is -0.481 e. The Morgan fingerprint density at radius 3 is 2.45 bits per heavy atom. The highest BCUT2D eigenvalue weighted by atomic mass is 16.4. The van der Waals surface area contributed by atoms with Crippen LogP contribution in [0.1, 0.15) is 68.9 Å². The summed E-state index contributed by atoms with van der Waals surface area (Å²) in [6, 6.07) is 9.04. The third kappa shape index (κ3) is 4.66. The molecule has 1 aliphatic rings. The van der Waals surface area contributed by atoms with Crippen molar-refractivity contribution >= 4 is 5.97 Å². The summed E-state index contributed by atoms with van der Waals surface area (Å²) in [6.45, 7) is 2.02. The minimum atomic E-state index is -0.690. The first kappa shape index (κ1) is 15.1. The molecular formula is C18H26O2. The maximum atomic E-state index is 10.6. The Morgan fingerprint density at radius 1 is 1.20 bits per heavy atom. The van der Waals surface area contributed by atoms with Crippen LogP contribution < -0.4 is 0 Å². The molecule has 1 saturated carbocycles. The van der Waals surface area contributed by atoms with E-state index in [1.165, 1.54) is 43.2 Å². The lowest BCUT2D eigenvalue weighted by Gasteiger charge is -2.22. The number of carboxylic acid groups (broad SMARTS) is 1. The lowest BCUT2D eigenvalue weighted by Crippen LogP contribution is -2.06. The van der Waals surface area contributed by atoms with Gasteiger partial charge >= 0.3 is 5.97 Å². The van der Waals surface area contributed by atoms with Crippen molar-refractivity contribution in [3.63, 3.8) is 0 Å². The summed E-state index contributed by atoms with van der Waals surface area (Å²) in [5.41, 5.74) is 2.83.